The van der Waals surface area contributed by atoms with E-state index in [0.29, 0.717) is 6.54 Å². The van der Waals surface area contributed by atoms with Crippen LogP contribution in [0.4, 0.5) is 11.5 Å². The Bertz CT molecular complexity index is 960. The van der Waals surface area contributed by atoms with Crippen LogP contribution in [0.15, 0.2) is 35.7 Å². The maximum atomic E-state index is 12.8. The van der Waals surface area contributed by atoms with E-state index in [0.717, 1.165) is 46.9 Å². The normalized spacial score (nSPS) is 17.1. The lowest BCUT2D eigenvalue weighted by atomic mass is 9.97. The van der Waals surface area contributed by atoms with E-state index < -0.39 is 0 Å². The molecule has 1 unspecified atom stereocenters. The van der Waals surface area contributed by atoms with Gasteiger partial charge in [-0.15, -0.1) is 11.3 Å². The topological polar surface area (TPSA) is 67.3 Å². The van der Waals surface area contributed by atoms with Crippen molar-refractivity contribution in [3.8, 4) is 5.75 Å². The van der Waals surface area contributed by atoms with Gasteiger partial charge in [0.2, 0.25) is 11.2 Å². The molecule has 1 aliphatic heterocycles. The number of anilines is 2. The molecule has 0 radical (unpaired) electrons. The van der Waals surface area contributed by atoms with Gasteiger partial charge in [-0.25, -0.2) is 4.98 Å². The third-order valence-corrected chi connectivity index (χ3v) is 5.78. The molecule has 1 amide bonds. The predicted octanol–water partition coefficient (Wildman–Crippen LogP) is 4.21. The fourth-order valence-electron chi connectivity index (χ4n) is 3.34. The number of ether oxygens (including phenoxy) is 1. The number of nitrogens with one attached hydrogen (secondary N) is 1. The second kappa shape index (κ2) is 7.70. The molecule has 8 heteroatoms. The minimum absolute atomic E-state index is 0.0208. The summed E-state index contributed by atoms with van der Waals surface area (Å²) in [6.45, 7) is 1.47. The lowest BCUT2D eigenvalue weighted by molar-refractivity contribution is -0.120. The van der Waals surface area contributed by atoms with Crippen molar-refractivity contribution in [2.24, 2.45) is 5.92 Å². The number of hydrogen-bond acceptors (Lipinski definition) is 6. The van der Waals surface area contributed by atoms with Gasteiger partial charge in [0.15, 0.2) is 5.82 Å². The minimum Gasteiger partial charge on any atom is -0.497 e. The number of methoxy groups -OCH3 is 1. The molecule has 3 heterocycles. The molecule has 1 atom stereocenters. The summed E-state index contributed by atoms with van der Waals surface area (Å²) in [5, 5.41) is 5.22. The van der Waals surface area contributed by atoms with Crippen LogP contribution in [0.25, 0.3) is 10.2 Å². The molecule has 0 spiro atoms. The number of piperidine rings is 1. The van der Waals surface area contributed by atoms with E-state index in [9.17, 15) is 4.79 Å². The van der Waals surface area contributed by atoms with E-state index in [1.54, 1.807) is 18.4 Å². The van der Waals surface area contributed by atoms with Crippen molar-refractivity contribution in [3.05, 3.63) is 41.0 Å². The Balaban J connectivity index is 1.50. The number of hydrogen-bond donors (Lipinski definition) is 1. The van der Waals surface area contributed by atoms with Crippen LogP contribution in [0, 0.1) is 5.92 Å². The van der Waals surface area contributed by atoms with Crippen LogP contribution in [-0.2, 0) is 4.79 Å². The summed E-state index contributed by atoms with van der Waals surface area (Å²) in [5.74, 6) is 1.50. The first kappa shape index (κ1) is 18.0. The molecule has 140 valence electrons. The van der Waals surface area contributed by atoms with E-state index in [4.69, 9.17) is 16.3 Å². The fourth-order valence-corrected chi connectivity index (χ4v) is 4.36. The number of fused-ring (bicyclic) bond motifs is 1. The third-order valence-electron chi connectivity index (χ3n) is 4.71. The molecule has 0 saturated carbocycles. The van der Waals surface area contributed by atoms with E-state index >= 15 is 0 Å². The molecule has 27 heavy (non-hydrogen) atoms. The molecule has 3 aromatic rings. The van der Waals surface area contributed by atoms with Crippen molar-refractivity contribution in [1.82, 2.24) is 9.97 Å². The van der Waals surface area contributed by atoms with Gasteiger partial charge in [-0.3, -0.25) is 4.79 Å². The van der Waals surface area contributed by atoms with Gasteiger partial charge in [0.1, 0.15) is 5.75 Å². The molecule has 1 aromatic carbocycles. The summed E-state index contributed by atoms with van der Waals surface area (Å²) in [6, 6.07) is 9.29. The molecule has 2 aromatic heterocycles. The summed E-state index contributed by atoms with van der Waals surface area (Å²) in [5.41, 5.74) is 1.61. The van der Waals surface area contributed by atoms with Crippen molar-refractivity contribution in [1.29, 1.82) is 0 Å². The zero-order chi connectivity index (χ0) is 18.8. The van der Waals surface area contributed by atoms with Crippen LogP contribution in [0.1, 0.15) is 12.8 Å². The molecule has 0 aliphatic carbocycles. The number of benzene rings is 1. The van der Waals surface area contributed by atoms with Crippen molar-refractivity contribution in [3.63, 3.8) is 0 Å². The summed E-state index contributed by atoms with van der Waals surface area (Å²) >= 11 is 7.69. The Labute approximate surface area is 166 Å². The van der Waals surface area contributed by atoms with E-state index in [1.807, 2.05) is 35.7 Å². The quantitative estimate of drug-likeness (QED) is 0.662. The van der Waals surface area contributed by atoms with Gasteiger partial charge < -0.3 is 15.0 Å². The average Bonchev–Trinajstić information content (AvgIpc) is 3.16. The van der Waals surface area contributed by atoms with Gasteiger partial charge in [-0.1, -0.05) is 0 Å². The summed E-state index contributed by atoms with van der Waals surface area (Å²) < 4.78 is 6.16. The van der Waals surface area contributed by atoms with Gasteiger partial charge in [0.05, 0.1) is 23.2 Å². The largest absolute Gasteiger partial charge is 0.497 e. The highest BCUT2D eigenvalue weighted by Gasteiger charge is 2.28. The Kier molecular flexibility index (Phi) is 5.13. The first-order valence-electron chi connectivity index (χ1n) is 8.74. The SMILES string of the molecule is COc1ccc(NC(=O)C2CCCN(c3nc(Cl)nc4ccsc34)C2)cc1. The highest BCUT2D eigenvalue weighted by atomic mass is 35.5. The first-order chi connectivity index (χ1) is 13.1. The summed E-state index contributed by atoms with van der Waals surface area (Å²) in [7, 11) is 1.62. The molecular weight excluding hydrogens is 384 g/mol. The van der Waals surface area contributed by atoms with Crippen LogP contribution in [-0.4, -0.2) is 36.1 Å². The number of thiophene rings is 1. The Morgan fingerprint density at radius 1 is 1.30 bits per heavy atom. The number of nitrogens with zero attached hydrogens (tertiary/aromatic N) is 3. The molecule has 1 N–H and O–H groups in total. The van der Waals surface area contributed by atoms with Crippen molar-refractivity contribution in [2.75, 3.05) is 30.4 Å². The van der Waals surface area contributed by atoms with E-state index in [-0.39, 0.29) is 17.1 Å². The van der Waals surface area contributed by atoms with Crippen molar-refractivity contribution < 1.29 is 9.53 Å². The summed E-state index contributed by atoms with van der Waals surface area (Å²) in [4.78, 5) is 23.6. The minimum atomic E-state index is -0.107. The van der Waals surface area contributed by atoms with Crippen LogP contribution in [0.2, 0.25) is 5.28 Å². The molecule has 6 nitrogen and oxygen atoms in total. The predicted molar refractivity (Wildman–Crippen MR) is 109 cm³/mol. The van der Waals surface area contributed by atoms with Gasteiger partial charge in [-0.05, 0) is 60.2 Å². The number of carbonyl (C=O) groups is 1. The van der Waals surface area contributed by atoms with Crippen molar-refractivity contribution >= 4 is 50.6 Å². The van der Waals surface area contributed by atoms with E-state index in [2.05, 4.69) is 20.2 Å². The Hall–Kier alpha value is -2.38. The van der Waals surface area contributed by atoms with Crippen molar-refractivity contribution in [2.45, 2.75) is 12.8 Å². The fraction of sp³-hybridized carbons (Fsp3) is 0.316. The Morgan fingerprint density at radius 3 is 2.89 bits per heavy atom. The van der Waals surface area contributed by atoms with Crippen LogP contribution in [0.5, 0.6) is 5.75 Å². The maximum absolute atomic E-state index is 12.8. The molecule has 1 saturated heterocycles. The number of halogens is 1. The molecule has 0 bridgehead atoms. The molecule has 4 rings (SSSR count). The first-order valence-corrected chi connectivity index (χ1v) is 10.0. The van der Waals surface area contributed by atoms with Crippen LogP contribution >= 0.6 is 22.9 Å². The summed E-state index contributed by atoms with van der Waals surface area (Å²) in [6.07, 6.45) is 1.78. The zero-order valence-electron chi connectivity index (χ0n) is 14.8. The second-order valence-corrected chi connectivity index (χ2v) is 7.71. The van der Waals surface area contributed by atoms with Gasteiger partial charge in [-0.2, -0.15) is 4.98 Å². The zero-order valence-corrected chi connectivity index (χ0v) is 16.4. The second-order valence-electron chi connectivity index (χ2n) is 6.45. The number of carbonyl (C=O) groups excluding carboxylic acids is 1. The average molecular weight is 403 g/mol. The lowest BCUT2D eigenvalue weighted by Crippen LogP contribution is -2.41. The Morgan fingerprint density at radius 2 is 2.11 bits per heavy atom. The number of rotatable bonds is 4. The third kappa shape index (κ3) is 3.84. The van der Waals surface area contributed by atoms with Crippen LogP contribution < -0.4 is 15.0 Å². The number of aromatic nitrogens is 2. The van der Waals surface area contributed by atoms with Gasteiger partial charge >= 0.3 is 0 Å². The van der Waals surface area contributed by atoms with Crippen LogP contribution in [0.3, 0.4) is 0 Å². The van der Waals surface area contributed by atoms with Gasteiger partial charge in [0, 0.05) is 18.8 Å². The van der Waals surface area contributed by atoms with E-state index in [1.165, 1.54) is 0 Å². The standard InChI is InChI=1S/C19H19ClN4O2S/c1-26-14-6-4-13(5-7-14)21-18(25)12-3-2-9-24(11-12)17-16-15(8-10-27-16)22-19(20)23-17/h4-8,10,12H,2-3,9,11H2,1H3,(H,21,25). The monoisotopic (exact) mass is 402 g/mol. The maximum Gasteiger partial charge on any atom is 0.229 e. The molecule has 1 aliphatic rings. The number of amides is 1. The smallest absolute Gasteiger partial charge is 0.229 e. The lowest BCUT2D eigenvalue weighted by Gasteiger charge is -2.33. The highest BCUT2D eigenvalue weighted by Crippen LogP contribution is 2.32. The molecular formula is C19H19ClN4O2S. The molecule has 1 fully saturated rings. The van der Waals surface area contributed by atoms with Gasteiger partial charge in [0.25, 0.3) is 0 Å². The highest BCUT2D eigenvalue weighted by molar-refractivity contribution is 7.17.